The molecule has 0 N–H and O–H groups in total. The van der Waals surface area contributed by atoms with Gasteiger partial charge in [0, 0.05) is 48.6 Å². The predicted octanol–water partition coefficient (Wildman–Crippen LogP) is 13.4. The van der Waals surface area contributed by atoms with Gasteiger partial charge in [-0.05, 0) is 94.8 Å². The van der Waals surface area contributed by atoms with Crippen LogP contribution in [-0.2, 0) is 0 Å². The maximum atomic E-state index is 5.15. The molecule has 5 heteroatoms. The second-order valence-electron chi connectivity index (χ2n) is 13.8. The first kappa shape index (κ1) is 32.8. The second-order valence-corrected chi connectivity index (χ2v) is 14.9. The van der Waals surface area contributed by atoms with Gasteiger partial charge in [0.15, 0.2) is 17.5 Å². The summed E-state index contributed by atoms with van der Waals surface area (Å²) in [4.78, 5) is 20.3. The molecule has 10 rings (SSSR count). The summed E-state index contributed by atoms with van der Waals surface area (Å²) in [6.45, 7) is 0. The SMILES string of the molecule is C1=CCCC(c2nc(-c3ccccc3)nc(-c3cc(-c4ccc5sc6ccc(-c7ccccc7)cc6c5c4)cc(-c4ccc(-c5ccccc5)cn4)c3)n2)=C1. The lowest BCUT2D eigenvalue weighted by atomic mass is 9.96. The molecule has 0 saturated carbocycles. The molecule has 3 heterocycles. The highest BCUT2D eigenvalue weighted by atomic mass is 32.1. The van der Waals surface area contributed by atoms with Gasteiger partial charge in [0.25, 0.3) is 0 Å². The number of nitrogens with zero attached hydrogens (tertiary/aromatic N) is 4. The standard InChI is InChI=1S/C50H34N4S/c1-5-13-33(14-6-1)37-22-25-46-43(30-37)44-31-38(23-26-47(44)55-46)40-27-41(45-24-21-39(32-51-45)34-15-7-2-8-16-34)29-42(28-40)50-53-48(35-17-9-3-10-18-35)52-49(54-50)36-19-11-4-12-20-36/h1-11,13-19,21-32H,12,20H2. The molecule has 0 bridgehead atoms. The van der Waals surface area contributed by atoms with Gasteiger partial charge in [-0.15, -0.1) is 11.3 Å². The first-order valence-electron chi connectivity index (χ1n) is 18.6. The smallest absolute Gasteiger partial charge is 0.164 e. The van der Waals surface area contributed by atoms with Crippen molar-refractivity contribution in [2.75, 3.05) is 0 Å². The normalized spacial score (nSPS) is 12.6. The van der Waals surface area contributed by atoms with Crippen LogP contribution in [0, 0.1) is 0 Å². The first-order valence-corrected chi connectivity index (χ1v) is 19.4. The minimum atomic E-state index is 0.637. The van der Waals surface area contributed by atoms with Gasteiger partial charge in [-0.25, -0.2) is 15.0 Å². The van der Waals surface area contributed by atoms with E-state index in [9.17, 15) is 0 Å². The van der Waals surface area contributed by atoms with Gasteiger partial charge in [-0.2, -0.15) is 0 Å². The molecule has 1 aliphatic carbocycles. The zero-order valence-corrected chi connectivity index (χ0v) is 30.7. The van der Waals surface area contributed by atoms with Gasteiger partial charge in [-0.3, -0.25) is 4.98 Å². The highest BCUT2D eigenvalue weighted by Crippen LogP contribution is 2.40. The molecule has 0 aliphatic heterocycles. The minimum Gasteiger partial charge on any atom is -0.256 e. The van der Waals surface area contributed by atoms with Gasteiger partial charge in [0.1, 0.15) is 0 Å². The van der Waals surface area contributed by atoms with E-state index in [1.54, 1.807) is 0 Å². The van der Waals surface area contributed by atoms with E-state index in [0.717, 1.165) is 63.1 Å². The Morgan fingerprint density at radius 2 is 0.964 bits per heavy atom. The molecule has 0 unspecified atom stereocenters. The Labute approximate surface area is 323 Å². The largest absolute Gasteiger partial charge is 0.256 e. The third-order valence-electron chi connectivity index (χ3n) is 10.2. The van der Waals surface area contributed by atoms with E-state index in [1.807, 2.05) is 41.8 Å². The van der Waals surface area contributed by atoms with E-state index < -0.39 is 0 Å². The van der Waals surface area contributed by atoms with Crippen LogP contribution in [0.4, 0.5) is 0 Å². The average molecular weight is 723 g/mol. The van der Waals surface area contributed by atoms with E-state index in [1.165, 1.54) is 31.3 Å². The lowest BCUT2D eigenvalue weighted by Gasteiger charge is -2.14. The lowest BCUT2D eigenvalue weighted by molar-refractivity contribution is 0.978. The van der Waals surface area contributed by atoms with Crippen molar-refractivity contribution >= 4 is 37.1 Å². The molecule has 0 atom stereocenters. The molecule has 0 fully saturated rings. The van der Waals surface area contributed by atoms with Crippen molar-refractivity contribution in [3.63, 3.8) is 0 Å². The molecule has 0 amide bonds. The molecule has 6 aromatic carbocycles. The molecule has 1 aliphatic rings. The van der Waals surface area contributed by atoms with E-state index in [0.29, 0.717) is 17.5 Å². The zero-order valence-electron chi connectivity index (χ0n) is 29.9. The highest BCUT2D eigenvalue weighted by molar-refractivity contribution is 7.25. The summed E-state index contributed by atoms with van der Waals surface area (Å²) in [6.07, 6.45) is 10.2. The molecule has 0 saturated heterocycles. The molecule has 3 aromatic heterocycles. The zero-order chi connectivity index (χ0) is 36.6. The number of aromatic nitrogens is 4. The van der Waals surface area contributed by atoms with Crippen molar-refractivity contribution in [3.05, 3.63) is 188 Å². The van der Waals surface area contributed by atoms with Crippen LogP contribution in [0.2, 0.25) is 0 Å². The van der Waals surface area contributed by atoms with Crippen molar-refractivity contribution in [1.82, 2.24) is 19.9 Å². The highest BCUT2D eigenvalue weighted by Gasteiger charge is 2.17. The topological polar surface area (TPSA) is 51.6 Å². The Bertz CT molecular complexity index is 2890. The van der Waals surface area contributed by atoms with E-state index in [2.05, 4.69) is 152 Å². The van der Waals surface area contributed by atoms with Gasteiger partial charge in [0.05, 0.1) is 5.69 Å². The average Bonchev–Trinajstić information content (AvgIpc) is 3.65. The third-order valence-corrected chi connectivity index (χ3v) is 11.4. The molecule has 260 valence electrons. The van der Waals surface area contributed by atoms with Crippen molar-refractivity contribution in [1.29, 1.82) is 0 Å². The molecule has 0 radical (unpaired) electrons. The maximum absolute atomic E-state index is 5.15. The summed E-state index contributed by atoms with van der Waals surface area (Å²) < 4.78 is 2.55. The van der Waals surface area contributed by atoms with Gasteiger partial charge >= 0.3 is 0 Å². The van der Waals surface area contributed by atoms with E-state index in [4.69, 9.17) is 19.9 Å². The number of allylic oxidation sites excluding steroid dienone is 4. The summed E-state index contributed by atoms with van der Waals surface area (Å²) in [7, 11) is 0. The predicted molar refractivity (Wildman–Crippen MR) is 229 cm³/mol. The fraction of sp³-hybridized carbons (Fsp3) is 0.0400. The fourth-order valence-corrected chi connectivity index (χ4v) is 8.43. The number of hydrogen-bond acceptors (Lipinski definition) is 5. The number of pyridine rings is 1. The molecule has 4 nitrogen and oxygen atoms in total. The summed E-state index contributed by atoms with van der Waals surface area (Å²) in [6, 6.07) is 55.7. The third kappa shape index (κ3) is 6.56. The van der Waals surface area contributed by atoms with Crippen molar-refractivity contribution in [3.8, 4) is 67.4 Å². The first-order chi connectivity index (χ1) is 27.2. The quantitative estimate of drug-likeness (QED) is 0.164. The molecule has 0 spiro atoms. The van der Waals surface area contributed by atoms with Crippen LogP contribution < -0.4 is 0 Å². The molecule has 55 heavy (non-hydrogen) atoms. The number of thiophene rings is 1. The van der Waals surface area contributed by atoms with E-state index >= 15 is 0 Å². The number of rotatable bonds is 7. The van der Waals surface area contributed by atoms with Gasteiger partial charge in [0.2, 0.25) is 0 Å². The van der Waals surface area contributed by atoms with Gasteiger partial charge in [-0.1, -0.05) is 127 Å². The number of fused-ring (bicyclic) bond motifs is 3. The Morgan fingerprint density at radius 3 is 1.58 bits per heavy atom. The monoisotopic (exact) mass is 722 g/mol. The number of hydrogen-bond donors (Lipinski definition) is 0. The molecular weight excluding hydrogens is 689 g/mol. The second kappa shape index (κ2) is 14.2. The van der Waals surface area contributed by atoms with Crippen LogP contribution in [-0.4, -0.2) is 19.9 Å². The Hall–Kier alpha value is -6.82. The maximum Gasteiger partial charge on any atom is 0.164 e. The van der Waals surface area contributed by atoms with Crippen LogP contribution in [0.5, 0.6) is 0 Å². The van der Waals surface area contributed by atoms with Crippen LogP contribution >= 0.6 is 11.3 Å². The summed E-state index contributed by atoms with van der Waals surface area (Å²) >= 11 is 1.84. The fourth-order valence-electron chi connectivity index (χ4n) is 7.36. The van der Waals surface area contributed by atoms with Crippen LogP contribution in [0.15, 0.2) is 182 Å². The van der Waals surface area contributed by atoms with Crippen LogP contribution in [0.25, 0.3) is 93.2 Å². The summed E-state index contributed by atoms with van der Waals surface area (Å²) in [5, 5.41) is 2.51. The van der Waals surface area contributed by atoms with Crippen molar-refractivity contribution in [2.24, 2.45) is 0 Å². The molecule has 9 aromatic rings. The number of benzene rings is 6. The molecular formula is C50H34N4S. The Morgan fingerprint density at radius 1 is 0.418 bits per heavy atom. The Kier molecular flexibility index (Phi) is 8.47. The van der Waals surface area contributed by atoms with Crippen LogP contribution in [0.1, 0.15) is 18.7 Å². The van der Waals surface area contributed by atoms with Crippen molar-refractivity contribution in [2.45, 2.75) is 12.8 Å². The lowest BCUT2D eigenvalue weighted by Crippen LogP contribution is -2.04. The van der Waals surface area contributed by atoms with Gasteiger partial charge < -0.3 is 0 Å². The summed E-state index contributed by atoms with van der Waals surface area (Å²) in [5.74, 6) is 2.01. The van der Waals surface area contributed by atoms with E-state index in [-0.39, 0.29) is 0 Å². The Balaban J connectivity index is 1.15. The minimum absolute atomic E-state index is 0.637. The van der Waals surface area contributed by atoms with Crippen LogP contribution in [0.3, 0.4) is 0 Å². The van der Waals surface area contributed by atoms with Crippen molar-refractivity contribution < 1.29 is 0 Å². The summed E-state index contributed by atoms with van der Waals surface area (Å²) in [5.41, 5.74) is 11.7.